The van der Waals surface area contributed by atoms with Crippen molar-refractivity contribution in [3.8, 4) is 0 Å². The van der Waals surface area contributed by atoms with Gasteiger partial charge in [0.05, 0.1) is 24.8 Å². The van der Waals surface area contributed by atoms with Gasteiger partial charge in [-0.15, -0.1) is 0 Å². The van der Waals surface area contributed by atoms with E-state index in [-0.39, 0.29) is 0 Å². The number of nitrogens with one attached hydrogen (secondary N) is 2. The Morgan fingerprint density at radius 3 is 1.64 bits per heavy atom. The van der Waals surface area contributed by atoms with Crippen molar-refractivity contribution in [3.63, 3.8) is 0 Å². The minimum atomic E-state index is -0.449. The largest absolute Gasteiger partial charge is 0.465 e. The smallest absolute Gasteiger partial charge is 0.338 e. The molecular formula is C18H18N2O5. The first kappa shape index (κ1) is 18.0. The molecule has 0 unspecified atom stereocenters. The Bertz CT molecular complexity index is 754. The summed E-state index contributed by atoms with van der Waals surface area (Å²) in [4.78, 5) is 34.9. The van der Waals surface area contributed by atoms with Crippen LogP contribution < -0.4 is 10.6 Å². The van der Waals surface area contributed by atoms with Crippen molar-refractivity contribution in [1.29, 1.82) is 0 Å². The lowest BCUT2D eigenvalue weighted by Crippen LogP contribution is -2.19. The molecule has 0 radical (unpaired) electrons. The number of rotatable bonds is 5. The van der Waals surface area contributed by atoms with Gasteiger partial charge >= 0.3 is 18.0 Å². The minimum Gasteiger partial charge on any atom is -0.465 e. The van der Waals surface area contributed by atoms with Gasteiger partial charge in [0.2, 0.25) is 0 Å². The van der Waals surface area contributed by atoms with Crippen molar-refractivity contribution < 1.29 is 23.9 Å². The number of ether oxygens (including phenoxy) is 2. The Hall–Kier alpha value is -3.35. The number of urea groups is 1. The SMILES string of the molecule is CCOC(=O)c1ccc(NC(=O)Nc2ccc(C(=O)OC)cc2)cc1. The van der Waals surface area contributed by atoms with Crippen LogP contribution in [0.15, 0.2) is 48.5 Å². The van der Waals surface area contributed by atoms with Crippen LogP contribution in [0.2, 0.25) is 0 Å². The molecule has 2 aromatic rings. The maximum Gasteiger partial charge on any atom is 0.338 e. The van der Waals surface area contributed by atoms with Crippen molar-refractivity contribution in [1.82, 2.24) is 0 Å². The van der Waals surface area contributed by atoms with Gasteiger partial charge in [-0.2, -0.15) is 0 Å². The van der Waals surface area contributed by atoms with Gasteiger partial charge in [0, 0.05) is 11.4 Å². The summed E-state index contributed by atoms with van der Waals surface area (Å²) in [5, 5.41) is 5.28. The highest BCUT2D eigenvalue weighted by molar-refractivity contribution is 6.00. The summed E-state index contributed by atoms with van der Waals surface area (Å²) in [6.07, 6.45) is 0. The molecule has 130 valence electrons. The molecule has 0 fully saturated rings. The van der Waals surface area contributed by atoms with E-state index in [2.05, 4.69) is 15.4 Å². The standard InChI is InChI=1S/C18H18N2O5/c1-3-25-17(22)13-6-10-15(11-7-13)20-18(23)19-14-8-4-12(5-9-14)16(21)24-2/h4-11H,3H2,1-2H3,(H2,19,20,23). The molecular weight excluding hydrogens is 324 g/mol. The molecule has 2 N–H and O–H groups in total. The van der Waals surface area contributed by atoms with Crippen LogP contribution in [0, 0.1) is 0 Å². The number of hydrogen-bond acceptors (Lipinski definition) is 5. The van der Waals surface area contributed by atoms with Gasteiger partial charge in [-0.05, 0) is 55.5 Å². The molecule has 0 aromatic heterocycles. The van der Waals surface area contributed by atoms with Gasteiger partial charge in [-0.25, -0.2) is 14.4 Å². The van der Waals surface area contributed by atoms with Gasteiger partial charge in [0.15, 0.2) is 0 Å². The Morgan fingerprint density at radius 2 is 1.24 bits per heavy atom. The highest BCUT2D eigenvalue weighted by Crippen LogP contribution is 2.13. The number of benzene rings is 2. The van der Waals surface area contributed by atoms with E-state index in [0.29, 0.717) is 29.1 Å². The zero-order valence-electron chi connectivity index (χ0n) is 13.9. The van der Waals surface area contributed by atoms with Gasteiger partial charge in [-0.3, -0.25) is 0 Å². The first-order valence-corrected chi connectivity index (χ1v) is 7.57. The lowest BCUT2D eigenvalue weighted by Gasteiger charge is -2.09. The zero-order chi connectivity index (χ0) is 18.2. The average molecular weight is 342 g/mol. The van der Waals surface area contributed by atoms with Crippen LogP contribution in [0.4, 0.5) is 16.2 Å². The fourth-order valence-corrected chi connectivity index (χ4v) is 2.01. The van der Waals surface area contributed by atoms with Crippen molar-refractivity contribution in [2.24, 2.45) is 0 Å². The van der Waals surface area contributed by atoms with E-state index in [9.17, 15) is 14.4 Å². The van der Waals surface area contributed by atoms with Crippen LogP contribution in [0.3, 0.4) is 0 Å². The summed E-state index contributed by atoms with van der Waals surface area (Å²) >= 11 is 0. The molecule has 0 atom stereocenters. The Labute approximate surface area is 144 Å². The summed E-state index contributed by atoms with van der Waals surface area (Å²) in [5.74, 6) is -0.859. The molecule has 0 saturated carbocycles. The predicted molar refractivity (Wildman–Crippen MR) is 92.8 cm³/mol. The molecule has 0 bridgehead atoms. The van der Waals surface area contributed by atoms with Crippen LogP contribution in [0.25, 0.3) is 0 Å². The zero-order valence-corrected chi connectivity index (χ0v) is 13.9. The quantitative estimate of drug-likeness (QED) is 0.813. The Balaban J connectivity index is 1.93. The Morgan fingerprint density at radius 1 is 0.800 bits per heavy atom. The highest BCUT2D eigenvalue weighted by Gasteiger charge is 2.08. The van der Waals surface area contributed by atoms with Crippen molar-refractivity contribution >= 4 is 29.3 Å². The fourth-order valence-electron chi connectivity index (χ4n) is 2.01. The van der Waals surface area contributed by atoms with E-state index < -0.39 is 18.0 Å². The van der Waals surface area contributed by atoms with Gasteiger partial charge < -0.3 is 20.1 Å². The minimum absolute atomic E-state index is 0.302. The fraction of sp³-hybridized carbons (Fsp3) is 0.167. The maximum absolute atomic E-state index is 12.0. The number of methoxy groups -OCH3 is 1. The summed E-state index contributed by atoms with van der Waals surface area (Å²) in [7, 11) is 1.30. The second kappa shape index (κ2) is 8.49. The number of esters is 2. The van der Waals surface area contributed by atoms with Gasteiger partial charge in [-0.1, -0.05) is 0 Å². The molecule has 0 spiro atoms. The predicted octanol–water partition coefficient (Wildman–Crippen LogP) is 3.29. The lowest BCUT2D eigenvalue weighted by atomic mass is 10.2. The molecule has 0 aliphatic rings. The van der Waals surface area contributed by atoms with E-state index in [1.54, 1.807) is 55.5 Å². The second-order valence-electron chi connectivity index (χ2n) is 4.95. The van der Waals surface area contributed by atoms with E-state index >= 15 is 0 Å². The lowest BCUT2D eigenvalue weighted by molar-refractivity contribution is 0.0525. The molecule has 2 aromatic carbocycles. The molecule has 7 nitrogen and oxygen atoms in total. The van der Waals surface area contributed by atoms with E-state index in [1.165, 1.54) is 7.11 Å². The summed E-state index contributed by atoms with van der Waals surface area (Å²) in [5.41, 5.74) is 1.85. The van der Waals surface area contributed by atoms with Gasteiger partial charge in [0.1, 0.15) is 0 Å². The molecule has 0 saturated heterocycles. The molecule has 7 heteroatoms. The second-order valence-corrected chi connectivity index (χ2v) is 4.95. The monoisotopic (exact) mass is 342 g/mol. The first-order valence-electron chi connectivity index (χ1n) is 7.57. The molecule has 0 aliphatic carbocycles. The first-order chi connectivity index (χ1) is 12.0. The third kappa shape index (κ3) is 5.07. The number of anilines is 2. The number of carbonyl (C=O) groups excluding carboxylic acids is 3. The summed E-state index contributed by atoms with van der Waals surface area (Å²) in [6, 6.07) is 12.2. The number of carbonyl (C=O) groups is 3. The summed E-state index contributed by atoms with van der Waals surface area (Å²) in [6.45, 7) is 2.03. The highest BCUT2D eigenvalue weighted by atomic mass is 16.5. The number of hydrogen-bond donors (Lipinski definition) is 2. The van der Waals surface area contributed by atoms with Crippen LogP contribution in [-0.4, -0.2) is 31.7 Å². The van der Waals surface area contributed by atoms with Crippen molar-refractivity contribution in [2.75, 3.05) is 24.4 Å². The molecule has 2 amide bonds. The van der Waals surface area contributed by atoms with Crippen LogP contribution in [0.5, 0.6) is 0 Å². The molecule has 0 heterocycles. The van der Waals surface area contributed by atoms with Gasteiger partial charge in [0.25, 0.3) is 0 Å². The molecule has 2 rings (SSSR count). The van der Waals surface area contributed by atoms with Crippen LogP contribution in [0.1, 0.15) is 27.6 Å². The molecule has 0 aliphatic heterocycles. The average Bonchev–Trinajstić information content (AvgIpc) is 2.62. The topological polar surface area (TPSA) is 93.7 Å². The van der Waals surface area contributed by atoms with E-state index in [1.807, 2.05) is 0 Å². The van der Waals surface area contributed by atoms with Crippen molar-refractivity contribution in [2.45, 2.75) is 6.92 Å². The summed E-state index contributed by atoms with van der Waals surface area (Å²) < 4.78 is 9.50. The van der Waals surface area contributed by atoms with Crippen molar-refractivity contribution in [3.05, 3.63) is 59.7 Å². The Kier molecular flexibility index (Phi) is 6.11. The maximum atomic E-state index is 12.0. The third-order valence-electron chi connectivity index (χ3n) is 3.22. The number of amides is 2. The van der Waals surface area contributed by atoms with E-state index in [0.717, 1.165) is 0 Å². The normalized spacial score (nSPS) is 9.84. The molecule has 25 heavy (non-hydrogen) atoms. The van der Waals surface area contributed by atoms with E-state index in [4.69, 9.17) is 4.74 Å². The van der Waals surface area contributed by atoms with Crippen LogP contribution >= 0.6 is 0 Å². The van der Waals surface area contributed by atoms with Crippen LogP contribution in [-0.2, 0) is 9.47 Å². The third-order valence-corrected chi connectivity index (χ3v) is 3.22.